The molecule has 0 spiro atoms. The topological polar surface area (TPSA) is 62.3 Å². The third-order valence-electron chi connectivity index (χ3n) is 6.44. The molecule has 0 radical (unpaired) electrons. The first-order chi connectivity index (χ1) is 19.3. The number of benzene rings is 3. The van der Waals surface area contributed by atoms with Gasteiger partial charge in [-0.2, -0.15) is 18.2 Å². The van der Waals surface area contributed by atoms with Crippen LogP contribution in [-0.4, -0.2) is 47.8 Å². The molecule has 7 nitrogen and oxygen atoms in total. The summed E-state index contributed by atoms with van der Waals surface area (Å²) < 4.78 is 50.7. The van der Waals surface area contributed by atoms with E-state index in [2.05, 4.69) is 0 Å². The summed E-state index contributed by atoms with van der Waals surface area (Å²) in [5, 5.41) is 2.84. The smallest absolute Gasteiger partial charge is 0.416 e. The van der Waals surface area contributed by atoms with Crippen molar-refractivity contribution in [2.24, 2.45) is 0 Å². The van der Waals surface area contributed by atoms with Gasteiger partial charge in [-0.25, -0.2) is 14.6 Å². The molecule has 0 saturated carbocycles. The third-order valence-corrected chi connectivity index (χ3v) is 7.89. The number of halogens is 3. The van der Waals surface area contributed by atoms with E-state index in [1.807, 2.05) is 54.4 Å². The molecule has 1 unspecified atom stereocenters. The van der Waals surface area contributed by atoms with Crippen molar-refractivity contribution in [3.05, 3.63) is 89.5 Å². The number of rotatable bonds is 9. The van der Waals surface area contributed by atoms with E-state index in [0.29, 0.717) is 11.4 Å². The van der Waals surface area contributed by atoms with Gasteiger partial charge < -0.3 is 14.4 Å². The highest BCUT2D eigenvalue weighted by atomic mass is 32.2. The number of aryl methyl sites for hydroxylation is 1. The van der Waals surface area contributed by atoms with Gasteiger partial charge in [-0.15, -0.1) is 0 Å². The van der Waals surface area contributed by atoms with Crippen LogP contribution < -0.4 is 9.75 Å². The van der Waals surface area contributed by atoms with E-state index >= 15 is 0 Å². The van der Waals surface area contributed by atoms with Gasteiger partial charge in [-0.1, -0.05) is 42.1 Å². The first-order valence-electron chi connectivity index (χ1n) is 13.0. The number of ether oxygens (including phenoxy) is 2. The summed E-state index contributed by atoms with van der Waals surface area (Å²) in [5.41, 5.74) is 0.155. The van der Waals surface area contributed by atoms with Gasteiger partial charge in [0.15, 0.2) is 5.60 Å². The first kappa shape index (κ1) is 30.3. The lowest BCUT2D eigenvalue weighted by Gasteiger charge is -2.33. The molecule has 11 heteroatoms. The molecule has 1 atom stereocenters. The molecule has 0 bridgehead atoms. The Morgan fingerprint density at radius 1 is 1.02 bits per heavy atom. The van der Waals surface area contributed by atoms with Crippen molar-refractivity contribution in [3.63, 3.8) is 0 Å². The highest BCUT2D eigenvalue weighted by molar-refractivity contribution is 7.99. The van der Waals surface area contributed by atoms with E-state index in [9.17, 15) is 22.8 Å². The lowest BCUT2D eigenvalue weighted by molar-refractivity contribution is -0.158. The monoisotopic (exact) mass is 587 g/mol. The third kappa shape index (κ3) is 6.79. The van der Waals surface area contributed by atoms with Crippen molar-refractivity contribution in [2.75, 3.05) is 25.3 Å². The van der Waals surface area contributed by atoms with Gasteiger partial charge in [0.1, 0.15) is 11.1 Å². The van der Waals surface area contributed by atoms with E-state index < -0.39 is 28.7 Å². The zero-order valence-electron chi connectivity index (χ0n) is 23.4. The Morgan fingerprint density at radius 2 is 1.68 bits per heavy atom. The van der Waals surface area contributed by atoms with Crippen LogP contribution in [0, 0.1) is 6.92 Å². The van der Waals surface area contributed by atoms with Gasteiger partial charge in [0, 0.05) is 11.9 Å². The Labute approximate surface area is 241 Å². The summed E-state index contributed by atoms with van der Waals surface area (Å²) in [6.07, 6.45) is -4.48. The van der Waals surface area contributed by atoms with Gasteiger partial charge in [0.25, 0.3) is 0 Å². The largest absolute Gasteiger partial charge is 0.476 e. The van der Waals surface area contributed by atoms with Crippen molar-refractivity contribution >= 4 is 29.4 Å². The molecule has 41 heavy (non-hydrogen) atoms. The number of thioether (sulfide) groups is 1. The zero-order chi connectivity index (χ0) is 29.9. The predicted molar refractivity (Wildman–Crippen MR) is 151 cm³/mol. The van der Waals surface area contributed by atoms with Crippen molar-refractivity contribution < 1.29 is 32.2 Å². The minimum absolute atomic E-state index is 0.223. The summed E-state index contributed by atoms with van der Waals surface area (Å²) in [4.78, 5) is 28.0. The molecular weight excluding hydrogens is 555 g/mol. The zero-order valence-corrected chi connectivity index (χ0v) is 24.3. The normalized spacial score (nSPS) is 15.3. The number of nitrogens with zero attached hydrogens (tertiary/aromatic N) is 3. The van der Waals surface area contributed by atoms with E-state index in [1.165, 1.54) is 33.8 Å². The average Bonchev–Trinajstić information content (AvgIpc) is 3.21. The fourth-order valence-corrected chi connectivity index (χ4v) is 5.55. The van der Waals surface area contributed by atoms with Crippen LogP contribution in [0.2, 0.25) is 0 Å². The van der Waals surface area contributed by atoms with Crippen LogP contribution >= 0.6 is 11.8 Å². The van der Waals surface area contributed by atoms with Crippen molar-refractivity contribution in [2.45, 2.75) is 49.7 Å². The fraction of sp³-hybridized carbons (Fsp3) is 0.333. The molecule has 1 heterocycles. The number of esters is 1. The Hall–Kier alpha value is -3.70. The minimum Gasteiger partial charge on any atom is -0.476 e. The van der Waals surface area contributed by atoms with Gasteiger partial charge in [0.05, 0.1) is 24.5 Å². The molecule has 1 aliphatic heterocycles. The van der Waals surface area contributed by atoms with Gasteiger partial charge in [-0.3, -0.25) is 0 Å². The lowest BCUT2D eigenvalue weighted by atomic mass is 10.1. The number of amides is 2. The van der Waals surface area contributed by atoms with Crippen molar-refractivity contribution in [1.82, 2.24) is 9.91 Å². The quantitative estimate of drug-likeness (QED) is 0.194. The molecule has 2 amide bonds. The maximum atomic E-state index is 13.3. The second kappa shape index (κ2) is 12.0. The molecule has 0 N–H and O–H groups in total. The number of urea groups is 1. The molecule has 0 aliphatic carbocycles. The molecule has 1 saturated heterocycles. The molecule has 3 aromatic carbocycles. The SMILES string of the molecule is CCOC(=O)C(C)(C)Oc1ccc(SC(c2ccccc2)N2CN(C)C(=O)N2c2ccc(C(F)(F)F)cc2)c(C)c1. The number of hydrogen-bond donors (Lipinski definition) is 0. The van der Waals surface area contributed by atoms with Crippen LogP contribution in [0.15, 0.2) is 77.7 Å². The van der Waals surface area contributed by atoms with Gasteiger partial charge in [-0.05, 0) is 81.3 Å². The number of hydrogen-bond acceptors (Lipinski definition) is 6. The molecule has 4 rings (SSSR count). The van der Waals surface area contributed by atoms with E-state index in [4.69, 9.17) is 9.47 Å². The van der Waals surface area contributed by atoms with E-state index in [0.717, 1.165) is 28.2 Å². The molecule has 0 aromatic heterocycles. The van der Waals surface area contributed by atoms with Crippen LogP contribution in [0.5, 0.6) is 5.75 Å². The number of alkyl halides is 3. The van der Waals surface area contributed by atoms with Crippen LogP contribution in [-0.2, 0) is 15.7 Å². The molecule has 3 aromatic rings. The van der Waals surface area contributed by atoms with Crippen LogP contribution in [0.4, 0.5) is 23.7 Å². The van der Waals surface area contributed by atoms with Crippen molar-refractivity contribution in [1.29, 1.82) is 0 Å². The maximum Gasteiger partial charge on any atom is 0.416 e. The molecule has 218 valence electrons. The Kier molecular flexibility index (Phi) is 8.89. The Morgan fingerprint density at radius 3 is 2.27 bits per heavy atom. The van der Waals surface area contributed by atoms with Crippen LogP contribution in [0.25, 0.3) is 0 Å². The summed E-state index contributed by atoms with van der Waals surface area (Å²) in [5.74, 6) is 0.0371. The Balaban J connectivity index is 1.66. The van der Waals surface area contributed by atoms with Gasteiger partial charge >= 0.3 is 18.2 Å². The summed E-state index contributed by atoms with van der Waals surface area (Å²) >= 11 is 1.49. The van der Waals surface area contributed by atoms with E-state index in [-0.39, 0.29) is 19.3 Å². The minimum atomic E-state index is -4.48. The van der Waals surface area contributed by atoms with Gasteiger partial charge in [0.2, 0.25) is 0 Å². The van der Waals surface area contributed by atoms with Crippen molar-refractivity contribution in [3.8, 4) is 5.75 Å². The van der Waals surface area contributed by atoms with Crippen LogP contribution in [0.3, 0.4) is 0 Å². The molecular formula is C30H32F3N3O4S. The number of carbonyl (C=O) groups excluding carboxylic acids is 2. The predicted octanol–water partition coefficient (Wildman–Crippen LogP) is 7.27. The molecule has 1 aliphatic rings. The summed E-state index contributed by atoms with van der Waals surface area (Å²) in [6, 6.07) is 19.3. The van der Waals surface area contributed by atoms with Crippen LogP contribution in [0.1, 0.15) is 42.8 Å². The summed E-state index contributed by atoms with van der Waals surface area (Å²) in [6.45, 7) is 7.41. The standard InChI is InChI=1S/C30H32F3N3O4S/c1-6-39-27(37)29(3,4)40-24-16-17-25(20(2)18-24)41-26(21-10-8-7-9-11-21)35-19-34(5)28(38)36(35)23-14-12-22(13-15-23)30(31,32)33/h7-18,26H,6,19H2,1-5H3. The Bertz CT molecular complexity index is 1380. The molecule has 1 fully saturated rings. The number of carbonyl (C=O) groups is 2. The average molecular weight is 588 g/mol. The second-order valence-corrected chi connectivity index (χ2v) is 11.2. The lowest BCUT2D eigenvalue weighted by Crippen LogP contribution is -2.40. The highest BCUT2D eigenvalue weighted by Gasteiger charge is 2.41. The number of hydrazine groups is 1. The maximum absolute atomic E-state index is 13.3. The highest BCUT2D eigenvalue weighted by Crippen LogP contribution is 2.44. The van der Waals surface area contributed by atoms with E-state index in [1.54, 1.807) is 33.9 Å². The summed E-state index contributed by atoms with van der Waals surface area (Å²) in [7, 11) is 1.65. The second-order valence-electron chi connectivity index (χ2n) is 10.1. The fourth-order valence-electron chi connectivity index (χ4n) is 4.34. The first-order valence-corrected chi connectivity index (χ1v) is 13.9. The number of anilines is 1.